The van der Waals surface area contributed by atoms with Crippen molar-refractivity contribution >= 4 is 17.5 Å². The van der Waals surface area contributed by atoms with Crippen molar-refractivity contribution in [2.75, 3.05) is 24.3 Å². The lowest BCUT2D eigenvalue weighted by Crippen LogP contribution is -2.31. The second kappa shape index (κ2) is 5.40. The van der Waals surface area contributed by atoms with Crippen LogP contribution in [0.5, 0.6) is 0 Å². The van der Waals surface area contributed by atoms with Crippen LogP contribution in [0.25, 0.3) is 0 Å². The predicted octanol–water partition coefficient (Wildman–Crippen LogP) is 1.41. The smallest absolute Gasteiger partial charge is 0.358 e. The SMILES string of the molecule is COC(=O)c1ccc(N2CCc3ccc(N)cc3C2)nn1. The Balaban J connectivity index is 1.81. The monoisotopic (exact) mass is 284 g/mol. The third-order valence-corrected chi connectivity index (χ3v) is 3.61. The Morgan fingerprint density at radius 1 is 1.24 bits per heavy atom. The minimum absolute atomic E-state index is 0.211. The van der Waals surface area contributed by atoms with Gasteiger partial charge in [-0.3, -0.25) is 0 Å². The first-order valence-electron chi connectivity index (χ1n) is 6.71. The first-order chi connectivity index (χ1) is 10.2. The van der Waals surface area contributed by atoms with Gasteiger partial charge in [0.15, 0.2) is 11.5 Å². The summed E-state index contributed by atoms with van der Waals surface area (Å²) < 4.78 is 4.61. The summed E-state index contributed by atoms with van der Waals surface area (Å²) >= 11 is 0. The topological polar surface area (TPSA) is 81.3 Å². The Kier molecular flexibility index (Phi) is 3.43. The van der Waals surface area contributed by atoms with E-state index in [0.717, 1.165) is 31.0 Å². The van der Waals surface area contributed by atoms with Gasteiger partial charge in [-0.2, -0.15) is 0 Å². The molecule has 0 saturated carbocycles. The molecule has 0 unspecified atom stereocenters. The van der Waals surface area contributed by atoms with E-state index < -0.39 is 5.97 Å². The molecule has 1 aliphatic heterocycles. The molecule has 1 aliphatic rings. The second-order valence-electron chi connectivity index (χ2n) is 4.97. The highest BCUT2D eigenvalue weighted by atomic mass is 16.5. The van der Waals surface area contributed by atoms with Crippen LogP contribution in [0.1, 0.15) is 21.6 Å². The number of hydrogen-bond donors (Lipinski definition) is 1. The van der Waals surface area contributed by atoms with Gasteiger partial charge in [0, 0.05) is 18.8 Å². The molecule has 0 amide bonds. The molecule has 6 heteroatoms. The van der Waals surface area contributed by atoms with E-state index in [-0.39, 0.29) is 5.69 Å². The fourth-order valence-electron chi connectivity index (χ4n) is 2.48. The summed E-state index contributed by atoms with van der Waals surface area (Å²) in [7, 11) is 1.32. The largest absolute Gasteiger partial charge is 0.464 e. The predicted molar refractivity (Wildman–Crippen MR) is 79.0 cm³/mol. The van der Waals surface area contributed by atoms with Gasteiger partial charge in [-0.05, 0) is 41.8 Å². The molecule has 0 radical (unpaired) electrons. The van der Waals surface area contributed by atoms with Gasteiger partial charge in [-0.25, -0.2) is 4.79 Å². The highest BCUT2D eigenvalue weighted by Gasteiger charge is 2.18. The molecule has 0 bridgehead atoms. The van der Waals surface area contributed by atoms with Crippen LogP contribution < -0.4 is 10.6 Å². The second-order valence-corrected chi connectivity index (χ2v) is 4.97. The molecule has 1 aromatic heterocycles. The average Bonchev–Trinajstić information content (AvgIpc) is 2.53. The van der Waals surface area contributed by atoms with Crippen molar-refractivity contribution in [1.82, 2.24) is 10.2 Å². The average molecular weight is 284 g/mol. The first-order valence-corrected chi connectivity index (χ1v) is 6.71. The van der Waals surface area contributed by atoms with Crippen molar-refractivity contribution in [1.29, 1.82) is 0 Å². The number of esters is 1. The van der Waals surface area contributed by atoms with Crippen molar-refractivity contribution in [2.45, 2.75) is 13.0 Å². The van der Waals surface area contributed by atoms with E-state index >= 15 is 0 Å². The van der Waals surface area contributed by atoms with E-state index in [1.807, 2.05) is 12.1 Å². The third kappa shape index (κ3) is 2.65. The minimum atomic E-state index is -0.481. The molecule has 2 heterocycles. The number of methoxy groups -OCH3 is 1. The van der Waals surface area contributed by atoms with Gasteiger partial charge >= 0.3 is 5.97 Å². The zero-order valence-corrected chi connectivity index (χ0v) is 11.7. The lowest BCUT2D eigenvalue weighted by molar-refractivity contribution is 0.0592. The van der Waals surface area contributed by atoms with Crippen LogP contribution in [0.15, 0.2) is 30.3 Å². The molecule has 108 valence electrons. The zero-order chi connectivity index (χ0) is 14.8. The Bertz CT molecular complexity index is 670. The summed E-state index contributed by atoms with van der Waals surface area (Å²) in [5.74, 6) is 0.265. The molecule has 1 aromatic carbocycles. The van der Waals surface area contributed by atoms with Gasteiger partial charge in [0.05, 0.1) is 7.11 Å². The van der Waals surface area contributed by atoms with Crippen LogP contribution in [-0.2, 0) is 17.7 Å². The molecular weight excluding hydrogens is 268 g/mol. The molecule has 0 aliphatic carbocycles. The van der Waals surface area contributed by atoms with E-state index in [9.17, 15) is 4.79 Å². The molecular formula is C15H16N4O2. The van der Waals surface area contributed by atoms with Crippen LogP contribution in [0.3, 0.4) is 0 Å². The summed E-state index contributed by atoms with van der Waals surface area (Å²) in [4.78, 5) is 13.5. The molecule has 6 nitrogen and oxygen atoms in total. The van der Waals surface area contributed by atoms with Crippen LogP contribution in [0, 0.1) is 0 Å². The Labute approximate surface area is 122 Å². The van der Waals surface area contributed by atoms with Crippen LogP contribution in [-0.4, -0.2) is 29.8 Å². The molecule has 0 spiro atoms. The molecule has 0 fully saturated rings. The molecule has 3 rings (SSSR count). The molecule has 0 atom stereocenters. The molecule has 2 N–H and O–H groups in total. The van der Waals surface area contributed by atoms with E-state index in [4.69, 9.17) is 5.73 Å². The van der Waals surface area contributed by atoms with E-state index in [0.29, 0.717) is 0 Å². The maximum atomic E-state index is 11.3. The fourth-order valence-corrected chi connectivity index (χ4v) is 2.48. The zero-order valence-electron chi connectivity index (χ0n) is 11.7. The standard InChI is InChI=1S/C15H16N4O2/c1-21-15(20)13-4-5-14(18-17-13)19-7-6-10-2-3-12(16)8-11(10)9-19/h2-5,8H,6-7,9,16H2,1H3. The highest BCUT2D eigenvalue weighted by molar-refractivity contribution is 5.87. The number of carbonyl (C=O) groups excluding carboxylic acids is 1. The maximum Gasteiger partial charge on any atom is 0.358 e. The number of ether oxygens (including phenoxy) is 1. The first kappa shape index (κ1) is 13.4. The van der Waals surface area contributed by atoms with Gasteiger partial charge in [0.2, 0.25) is 0 Å². The lowest BCUT2D eigenvalue weighted by Gasteiger charge is -2.29. The molecule has 0 saturated heterocycles. The number of nitrogen functional groups attached to an aromatic ring is 1. The quantitative estimate of drug-likeness (QED) is 0.663. The summed E-state index contributed by atoms with van der Waals surface area (Å²) in [5.41, 5.74) is 9.34. The van der Waals surface area contributed by atoms with Crippen molar-refractivity contribution in [3.63, 3.8) is 0 Å². The number of hydrogen-bond acceptors (Lipinski definition) is 6. The van der Waals surface area contributed by atoms with Crippen molar-refractivity contribution in [2.24, 2.45) is 0 Å². The van der Waals surface area contributed by atoms with E-state index in [1.165, 1.54) is 18.2 Å². The van der Waals surface area contributed by atoms with Crippen LogP contribution >= 0.6 is 0 Å². The number of rotatable bonds is 2. The van der Waals surface area contributed by atoms with Gasteiger partial charge in [0.25, 0.3) is 0 Å². The van der Waals surface area contributed by atoms with Crippen LogP contribution in [0.2, 0.25) is 0 Å². The van der Waals surface area contributed by atoms with E-state index in [2.05, 4.69) is 25.9 Å². The Morgan fingerprint density at radius 3 is 2.81 bits per heavy atom. The Hall–Kier alpha value is -2.63. The summed E-state index contributed by atoms with van der Waals surface area (Å²) in [5, 5.41) is 8.02. The lowest BCUT2D eigenvalue weighted by atomic mass is 9.99. The number of aromatic nitrogens is 2. The fraction of sp³-hybridized carbons (Fsp3) is 0.267. The van der Waals surface area contributed by atoms with Gasteiger partial charge in [-0.15, -0.1) is 10.2 Å². The third-order valence-electron chi connectivity index (χ3n) is 3.61. The Morgan fingerprint density at radius 2 is 2.10 bits per heavy atom. The number of carbonyl (C=O) groups is 1. The van der Waals surface area contributed by atoms with Crippen molar-refractivity contribution in [3.8, 4) is 0 Å². The summed E-state index contributed by atoms with van der Waals surface area (Å²) in [6.45, 7) is 1.61. The van der Waals surface area contributed by atoms with Gasteiger partial charge in [0.1, 0.15) is 0 Å². The normalized spacial score (nSPS) is 13.7. The molecule has 2 aromatic rings. The minimum Gasteiger partial charge on any atom is -0.464 e. The number of benzene rings is 1. The number of fused-ring (bicyclic) bond motifs is 1. The van der Waals surface area contributed by atoms with Gasteiger partial charge in [-0.1, -0.05) is 6.07 Å². The summed E-state index contributed by atoms with van der Waals surface area (Å²) in [6.07, 6.45) is 0.941. The number of nitrogens with zero attached hydrogens (tertiary/aromatic N) is 3. The van der Waals surface area contributed by atoms with Gasteiger partial charge < -0.3 is 15.4 Å². The maximum absolute atomic E-state index is 11.3. The van der Waals surface area contributed by atoms with Crippen molar-refractivity contribution < 1.29 is 9.53 Å². The number of nitrogens with two attached hydrogens (primary N) is 1. The number of anilines is 2. The summed E-state index contributed by atoms with van der Waals surface area (Å²) in [6, 6.07) is 9.42. The van der Waals surface area contributed by atoms with E-state index in [1.54, 1.807) is 12.1 Å². The van der Waals surface area contributed by atoms with Crippen LogP contribution in [0.4, 0.5) is 11.5 Å². The molecule has 21 heavy (non-hydrogen) atoms. The highest BCUT2D eigenvalue weighted by Crippen LogP contribution is 2.24. The van der Waals surface area contributed by atoms with Crippen molar-refractivity contribution in [3.05, 3.63) is 47.2 Å².